The van der Waals surface area contributed by atoms with Crippen LogP contribution in [0.15, 0.2) is 57.6 Å². The molecule has 0 bridgehead atoms. The molecule has 0 unspecified atom stereocenters. The Labute approximate surface area is 189 Å². The molecule has 0 spiro atoms. The van der Waals surface area contributed by atoms with Crippen molar-refractivity contribution < 1.29 is 17.9 Å². The van der Waals surface area contributed by atoms with Crippen LogP contribution in [0.5, 0.6) is 5.75 Å². The Morgan fingerprint density at radius 1 is 1.10 bits per heavy atom. The molecule has 1 aliphatic rings. The minimum absolute atomic E-state index is 0.0556. The number of hydrogen-bond donors (Lipinski definition) is 0. The van der Waals surface area contributed by atoms with Crippen LogP contribution in [-0.4, -0.2) is 64.0 Å². The predicted molar refractivity (Wildman–Crippen MR) is 123 cm³/mol. The van der Waals surface area contributed by atoms with Gasteiger partial charge in [-0.05, 0) is 35.7 Å². The van der Waals surface area contributed by atoms with Crippen molar-refractivity contribution in [2.45, 2.75) is 4.21 Å². The van der Waals surface area contributed by atoms with Gasteiger partial charge in [-0.3, -0.25) is 9.10 Å². The fourth-order valence-corrected chi connectivity index (χ4v) is 6.25. The van der Waals surface area contributed by atoms with Crippen molar-refractivity contribution in [3.8, 4) is 5.75 Å². The summed E-state index contributed by atoms with van der Waals surface area (Å²) in [4.78, 5) is 20.8. The standard InChI is InChI=1S/C20H22N4O4S3/c1-22(31(26,27)19-3-2-13-29-19)16-4-6-17(7-5-16)28-15-18(25)23-9-11-24(12-10-23)20-21-8-14-30-20/h2-8,13-14H,9-12,15H2,1H3. The minimum Gasteiger partial charge on any atom is -0.484 e. The molecule has 1 aromatic carbocycles. The number of aromatic nitrogens is 1. The first-order valence-electron chi connectivity index (χ1n) is 9.62. The van der Waals surface area contributed by atoms with E-state index in [-0.39, 0.29) is 16.7 Å². The summed E-state index contributed by atoms with van der Waals surface area (Å²) < 4.78 is 32.4. The van der Waals surface area contributed by atoms with Crippen molar-refractivity contribution in [1.29, 1.82) is 0 Å². The number of nitrogens with zero attached hydrogens (tertiary/aromatic N) is 4. The van der Waals surface area contributed by atoms with E-state index in [1.807, 2.05) is 5.38 Å². The number of carbonyl (C=O) groups excluding carboxylic acids is 1. The third-order valence-corrected chi connectivity index (χ3v) is 8.99. The summed E-state index contributed by atoms with van der Waals surface area (Å²) in [7, 11) is -2.07. The maximum absolute atomic E-state index is 12.6. The van der Waals surface area contributed by atoms with E-state index in [1.54, 1.807) is 64.2 Å². The molecule has 0 radical (unpaired) electrons. The van der Waals surface area contributed by atoms with Crippen LogP contribution in [-0.2, 0) is 14.8 Å². The fraction of sp³-hybridized carbons (Fsp3) is 0.300. The summed E-state index contributed by atoms with van der Waals surface area (Å²) in [6.45, 7) is 2.70. The zero-order valence-corrected chi connectivity index (χ0v) is 19.3. The molecule has 1 aliphatic heterocycles. The highest BCUT2D eigenvalue weighted by Crippen LogP contribution is 2.26. The zero-order chi connectivity index (χ0) is 21.8. The number of amides is 1. The molecule has 1 saturated heterocycles. The SMILES string of the molecule is CN(c1ccc(OCC(=O)N2CCN(c3nccs3)CC2)cc1)S(=O)(=O)c1cccs1. The first kappa shape index (κ1) is 21.6. The van der Waals surface area contributed by atoms with Crippen LogP contribution in [0.1, 0.15) is 0 Å². The van der Waals surface area contributed by atoms with Gasteiger partial charge in [-0.25, -0.2) is 13.4 Å². The molecule has 1 amide bonds. The Balaban J connectivity index is 1.29. The van der Waals surface area contributed by atoms with Gasteiger partial charge in [-0.2, -0.15) is 0 Å². The minimum atomic E-state index is -3.58. The molecular weight excluding hydrogens is 456 g/mol. The highest BCUT2D eigenvalue weighted by Gasteiger charge is 2.24. The van der Waals surface area contributed by atoms with Gasteiger partial charge in [-0.15, -0.1) is 22.7 Å². The Kier molecular flexibility index (Phi) is 6.44. The number of thiophene rings is 1. The van der Waals surface area contributed by atoms with Gasteiger partial charge in [0.15, 0.2) is 11.7 Å². The molecule has 0 aliphatic carbocycles. The van der Waals surface area contributed by atoms with E-state index in [0.29, 0.717) is 24.5 Å². The van der Waals surface area contributed by atoms with Crippen molar-refractivity contribution in [2.75, 3.05) is 49.0 Å². The predicted octanol–water partition coefficient (Wildman–Crippen LogP) is 2.76. The summed E-state index contributed by atoms with van der Waals surface area (Å²) in [6.07, 6.45) is 1.78. The molecule has 2 aromatic heterocycles. The van der Waals surface area contributed by atoms with Gasteiger partial charge in [0.05, 0.1) is 5.69 Å². The molecule has 0 N–H and O–H groups in total. The Hall–Kier alpha value is -2.63. The Morgan fingerprint density at radius 3 is 2.45 bits per heavy atom. The largest absolute Gasteiger partial charge is 0.484 e. The average molecular weight is 479 g/mol. The van der Waals surface area contributed by atoms with Gasteiger partial charge in [0.25, 0.3) is 15.9 Å². The van der Waals surface area contributed by atoms with Crippen molar-refractivity contribution in [2.24, 2.45) is 0 Å². The lowest BCUT2D eigenvalue weighted by Crippen LogP contribution is -2.50. The van der Waals surface area contributed by atoms with E-state index in [4.69, 9.17) is 4.74 Å². The van der Waals surface area contributed by atoms with E-state index in [0.717, 1.165) is 18.2 Å². The van der Waals surface area contributed by atoms with E-state index in [2.05, 4.69) is 9.88 Å². The average Bonchev–Trinajstić information content (AvgIpc) is 3.52. The van der Waals surface area contributed by atoms with Crippen molar-refractivity contribution >= 4 is 49.4 Å². The first-order valence-corrected chi connectivity index (χ1v) is 12.8. The van der Waals surface area contributed by atoms with Gasteiger partial charge in [0, 0.05) is 44.8 Å². The molecule has 1 fully saturated rings. The molecule has 3 aromatic rings. The number of benzene rings is 1. The highest BCUT2D eigenvalue weighted by atomic mass is 32.2. The summed E-state index contributed by atoms with van der Waals surface area (Å²) in [5.41, 5.74) is 0.519. The van der Waals surface area contributed by atoms with Gasteiger partial charge in [0.1, 0.15) is 9.96 Å². The first-order chi connectivity index (χ1) is 14.9. The van der Waals surface area contributed by atoms with Gasteiger partial charge in [0.2, 0.25) is 0 Å². The zero-order valence-electron chi connectivity index (χ0n) is 16.9. The highest BCUT2D eigenvalue weighted by molar-refractivity contribution is 7.94. The Bertz CT molecular complexity index is 1090. The van der Waals surface area contributed by atoms with E-state index in [1.165, 1.54) is 22.7 Å². The second kappa shape index (κ2) is 9.25. The number of ether oxygens (including phenoxy) is 1. The molecule has 4 rings (SSSR count). The lowest BCUT2D eigenvalue weighted by molar-refractivity contribution is -0.133. The molecule has 8 nitrogen and oxygen atoms in total. The molecule has 11 heteroatoms. The summed E-state index contributed by atoms with van der Waals surface area (Å²) in [5.74, 6) is 0.445. The molecule has 164 valence electrons. The van der Waals surface area contributed by atoms with E-state index >= 15 is 0 Å². The smallest absolute Gasteiger partial charge is 0.273 e. The molecule has 3 heterocycles. The monoisotopic (exact) mass is 478 g/mol. The molecule has 0 atom stereocenters. The van der Waals surface area contributed by atoms with Crippen molar-refractivity contribution in [1.82, 2.24) is 9.88 Å². The van der Waals surface area contributed by atoms with Crippen LogP contribution in [0.25, 0.3) is 0 Å². The molecular formula is C20H22N4O4S3. The van der Waals surface area contributed by atoms with Crippen LogP contribution in [0.3, 0.4) is 0 Å². The maximum Gasteiger partial charge on any atom is 0.273 e. The van der Waals surface area contributed by atoms with E-state index in [9.17, 15) is 13.2 Å². The van der Waals surface area contributed by atoms with Gasteiger partial charge < -0.3 is 14.5 Å². The summed E-state index contributed by atoms with van der Waals surface area (Å²) in [6, 6.07) is 9.96. The van der Waals surface area contributed by atoms with Crippen LogP contribution in [0, 0.1) is 0 Å². The maximum atomic E-state index is 12.6. The van der Waals surface area contributed by atoms with Crippen molar-refractivity contribution in [3.05, 3.63) is 53.4 Å². The molecule has 0 saturated carbocycles. The lowest BCUT2D eigenvalue weighted by Gasteiger charge is -2.34. The number of rotatable bonds is 7. The van der Waals surface area contributed by atoms with Crippen LogP contribution in [0.2, 0.25) is 0 Å². The lowest BCUT2D eigenvalue weighted by atomic mass is 10.3. The summed E-state index contributed by atoms with van der Waals surface area (Å²) in [5, 5.41) is 4.66. The number of sulfonamides is 1. The van der Waals surface area contributed by atoms with Crippen LogP contribution >= 0.6 is 22.7 Å². The Morgan fingerprint density at radius 2 is 1.84 bits per heavy atom. The quantitative estimate of drug-likeness (QED) is 0.519. The number of hydrogen-bond acceptors (Lipinski definition) is 8. The third kappa shape index (κ3) is 4.83. The molecule has 31 heavy (non-hydrogen) atoms. The third-order valence-electron chi connectivity index (χ3n) is 4.99. The second-order valence-electron chi connectivity index (χ2n) is 6.87. The van der Waals surface area contributed by atoms with Crippen LogP contribution in [0.4, 0.5) is 10.8 Å². The number of anilines is 2. The van der Waals surface area contributed by atoms with Gasteiger partial charge >= 0.3 is 0 Å². The summed E-state index contributed by atoms with van der Waals surface area (Å²) >= 11 is 2.77. The van der Waals surface area contributed by atoms with Gasteiger partial charge in [-0.1, -0.05) is 6.07 Å². The number of carbonyl (C=O) groups is 1. The topological polar surface area (TPSA) is 83.1 Å². The van der Waals surface area contributed by atoms with E-state index < -0.39 is 10.0 Å². The van der Waals surface area contributed by atoms with Crippen LogP contribution < -0.4 is 13.9 Å². The number of piperazine rings is 1. The number of thiazole rings is 1. The second-order valence-corrected chi connectivity index (χ2v) is 10.9. The normalized spacial score (nSPS) is 14.5. The van der Waals surface area contributed by atoms with Crippen molar-refractivity contribution in [3.63, 3.8) is 0 Å². The fourth-order valence-electron chi connectivity index (χ4n) is 3.19.